The van der Waals surface area contributed by atoms with Gasteiger partial charge in [0.2, 0.25) is 5.91 Å². The zero-order valence-corrected chi connectivity index (χ0v) is 13.2. The standard InChI is InChI=1S/C16H19F2N5O/c17-12-8-11(9-19-10-12)15-14(18)16(22-21-15)20-13(24)4-3-7-23-5-1-2-6-23/h8-10H,1-7H2,(H2,20,21,22,24). The average molecular weight is 335 g/mol. The fraction of sp³-hybridized carbons (Fsp3) is 0.438. The van der Waals surface area contributed by atoms with E-state index < -0.39 is 11.6 Å². The molecule has 0 aromatic carbocycles. The molecule has 0 radical (unpaired) electrons. The van der Waals surface area contributed by atoms with E-state index in [-0.39, 0.29) is 23.0 Å². The third-order valence-corrected chi connectivity index (χ3v) is 4.04. The maximum Gasteiger partial charge on any atom is 0.225 e. The average Bonchev–Trinajstić information content (AvgIpc) is 3.18. The van der Waals surface area contributed by atoms with E-state index in [9.17, 15) is 13.6 Å². The fourth-order valence-electron chi connectivity index (χ4n) is 2.82. The van der Waals surface area contributed by atoms with Crippen molar-refractivity contribution in [1.82, 2.24) is 20.1 Å². The Morgan fingerprint density at radius 1 is 1.29 bits per heavy atom. The number of aromatic nitrogens is 3. The van der Waals surface area contributed by atoms with E-state index in [0.717, 1.165) is 38.3 Å². The zero-order valence-electron chi connectivity index (χ0n) is 13.2. The SMILES string of the molecule is O=C(CCCN1CCCC1)Nc1n[nH]c(-c2cncc(F)c2)c1F. The number of rotatable bonds is 6. The predicted octanol–water partition coefficient (Wildman–Crippen LogP) is 2.56. The molecule has 1 aliphatic heterocycles. The predicted molar refractivity (Wildman–Crippen MR) is 85.3 cm³/mol. The maximum atomic E-state index is 14.3. The van der Waals surface area contributed by atoms with Gasteiger partial charge in [-0.15, -0.1) is 0 Å². The summed E-state index contributed by atoms with van der Waals surface area (Å²) in [6.45, 7) is 3.04. The van der Waals surface area contributed by atoms with Gasteiger partial charge in [0.25, 0.3) is 0 Å². The van der Waals surface area contributed by atoms with E-state index >= 15 is 0 Å². The molecule has 0 spiro atoms. The third-order valence-electron chi connectivity index (χ3n) is 4.04. The number of anilines is 1. The normalized spacial score (nSPS) is 14.9. The molecule has 0 atom stereocenters. The second-order valence-corrected chi connectivity index (χ2v) is 5.85. The molecule has 1 saturated heterocycles. The Kier molecular flexibility index (Phi) is 5.14. The van der Waals surface area contributed by atoms with Crippen molar-refractivity contribution in [2.24, 2.45) is 0 Å². The molecule has 24 heavy (non-hydrogen) atoms. The Balaban J connectivity index is 1.56. The van der Waals surface area contributed by atoms with E-state index in [1.807, 2.05) is 0 Å². The molecule has 0 bridgehead atoms. The first-order valence-electron chi connectivity index (χ1n) is 8.00. The molecule has 3 heterocycles. The number of carbonyl (C=O) groups is 1. The lowest BCUT2D eigenvalue weighted by Gasteiger charge is -2.13. The van der Waals surface area contributed by atoms with Crippen molar-refractivity contribution in [2.45, 2.75) is 25.7 Å². The van der Waals surface area contributed by atoms with Crippen molar-refractivity contribution in [3.8, 4) is 11.3 Å². The zero-order chi connectivity index (χ0) is 16.9. The summed E-state index contributed by atoms with van der Waals surface area (Å²) in [5.41, 5.74) is 0.226. The van der Waals surface area contributed by atoms with Gasteiger partial charge < -0.3 is 10.2 Å². The number of H-pyrrole nitrogens is 1. The summed E-state index contributed by atoms with van der Waals surface area (Å²) >= 11 is 0. The molecule has 3 rings (SSSR count). The molecule has 2 aromatic rings. The smallest absolute Gasteiger partial charge is 0.225 e. The number of likely N-dealkylation sites (tertiary alicyclic amines) is 1. The van der Waals surface area contributed by atoms with E-state index in [1.165, 1.54) is 19.0 Å². The third kappa shape index (κ3) is 3.94. The van der Waals surface area contributed by atoms with Crippen LogP contribution in [0.15, 0.2) is 18.5 Å². The first-order chi connectivity index (χ1) is 11.6. The minimum Gasteiger partial charge on any atom is -0.307 e. The van der Waals surface area contributed by atoms with Gasteiger partial charge in [0.15, 0.2) is 11.6 Å². The number of nitrogens with one attached hydrogen (secondary N) is 2. The molecule has 0 saturated carbocycles. The molecule has 0 unspecified atom stereocenters. The minimum atomic E-state index is -0.727. The van der Waals surface area contributed by atoms with Crippen LogP contribution in [0.5, 0.6) is 0 Å². The summed E-state index contributed by atoms with van der Waals surface area (Å²) in [7, 11) is 0. The van der Waals surface area contributed by atoms with Crippen LogP contribution in [0, 0.1) is 11.6 Å². The minimum absolute atomic E-state index is 0.00522. The van der Waals surface area contributed by atoms with Gasteiger partial charge in [-0.1, -0.05) is 0 Å². The van der Waals surface area contributed by atoms with Gasteiger partial charge in [-0.2, -0.15) is 5.10 Å². The van der Waals surface area contributed by atoms with Gasteiger partial charge >= 0.3 is 0 Å². The second-order valence-electron chi connectivity index (χ2n) is 5.85. The van der Waals surface area contributed by atoms with Crippen molar-refractivity contribution < 1.29 is 13.6 Å². The summed E-state index contributed by atoms with van der Waals surface area (Å²) in [6, 6.07) is 1.14. The van der Waals surface area contributed by atoms with Crippen LogP contribution in [0.25, 0.3) is 11.3 Å². The quantitative estimate of drug-likeness (QED) is 0.851. The van der Waals surface area contributed by atoms with Crippen molar-refractivity contribution in [1.29, 1.82) is 0 Å². The molecular formula is C16H19F2N5O. The van der Waals surface area contributed by atoms with Crippen molar-refractivity contribution in [2.75, 3.05) is 25.0 Å². The molecule has 8 heteroatoms. The van der Waals surface area contributed by atoms with Crippen LogP contribution in [0.1, 0.15) is 25.7 Å². The molecule has 128 valence electrons. The maximum absolute atomic E-state index is 14.3. The Hall–Kier alpha value is -2.35. The van der Waals surface area contributed by atoms with Gasteiger partial charge in [0.1, 0.15) is 11.5 Å². The highest BCUT2D eigenvalue weighted by molar-refractivity contribution is 5.90. The highest BCUT2D eigenvalue weighted by Gasteiger charge is 2.18. The van der Waals surface area contributed by atoms with Crippen molar-refractivity contribution in [3.63, 3.8) is 0 Å². The second kappa shape index (κ2) is 7.48. The largest absolute Gasteiger partial charge is 0.307 e. The summed E-state index contributed by atoms with van der Waals surface area (Å²) in [5.74, 6) is -1.77. The van der Waals surface area contributed by atoms with E-state index in [1.54, 1.807) is 0 Å². The summed E-state index contributed by atoms with van der Waals surface area (Å²) in [5, 5.41) is 8.68. The fourth-order valence-corrected chi connectivity index (χ4v) is 2.82. The molecule has 2 aromatic heterocycles. The molecule has 1 fully saturated rings. The number of hydrogen-bond donors (Lipinski definition) is 2. The van der Waals surface area contributed by atoms with Gasteiger partial charge in [0, 0.05) is 18.2 Å². The van der Waals surface area contributed by atoms with Crippen LogP contribution < -0.4 is 5.32 Å². The van der Waals surface area contributed by atoms with E-state index in [2.05, 4.69) is 25.4 Å². The highest BCUT2D eigenvalue weighted by atomic mass is 19.1. The highest BCUT2D eigenvalue weighted by Crippen LogP contribution is 2.25. The summed E-state index contributed by atoms with van der Waals surface area (Å²) in [4.78, 5) is 17.9. The Morgan fingerprint density at radius 2 is 2.08 bits per heavy atom. The van der Waals surface area contributed by atoms with Crippen LogP contribution in [0.3, 0.4) is 0 Å². The number of pyridine rings is 1. The van der Waals surface area contributed by atoms with E-state index in [0.29, 0.717) is 6.42 Å². The van der Waals surface area contributed by atoms with Gasteiger partial charge in [0.05, 0.1) is 6.20 Å². The molecule has 1 aliphatic rings. The van der Waals surface area contributed by atoms with Crippen LogP contribution in [-0.2, 0) is 4.79 Å². The lowest BCUT2D eigenvalue weighted by Crippen LogP contribution is -2.22. The summed E-state index contributed by atoms with van der Waals surface area (Å²) < 4.78 is 27.5. The van der Waals surface area contributed by atoms with E-state index in [4.69, 9.17) is 0 Å². The van der Waals surface area contributed by atoms with Gasteiger partial charge in [-0.3, -0.25) is 14.9 Å². The van der Waals surface area contributed by atoms with Crippen LogP contribution in [0.4, 0.5) is 14.6 Å². The van der Waals surface area contributed by atoms with Crippen LogP contribution in [0.2, 0.25) is 0 Å². The lowest BCUT2D eigenvalue weighted by atomic mass is 10.2. The van der Waals surface area contributed by atoms with Crippen molar-refractivity contribution in [3.05, 3.63) is 30.1 Å². The topological polar surface area (TPSA) is 73.9 Å². The monoisotopic (exact) mass is 335 g/mol. The Bertz CT molecular complexity index is 712. The van der Waals surface area contributed by atoms with Gasteiger partial charge in [-0.25, -0.2) is 8.78 Å². The summed E-state index contributed by atoms with van der Waals surface area (Å²) in [6.07, 6.45) is 5.80. The number of nitrogens with zero attached hydrogens (tertiary/aromatic N) is 3. The Labute approximate surface area is 138 Å². The number of amides is 1. The number of halogens is 2. The first-order valence-corrected chi connectivity index (χ1v) is 8.00. The molecule has 6 nitrogen and oxygen atoms in total. The van der Waals surface area contributed by atoms with Crippen LogP contribution >= 0.6 is 0 Å². The number of aromatic amines is 1. The Morgan fingerprint density at radius 3 is 2.83 bits per heavy atom. The molecule has 1 amide bonds. The van der Waals surface area contributed by atoms with Crippen molar-refractivity contribution >= 4 is 11.7 Å². The van der Waals surface area contributed by atoms with Crippen LogP contribution in [-0.4, -0.2) is 45.6 Å². The van der Waals surface area contributed by atoms with Gasteiger partial charge in [-0.05, 0) is 45.0 Å². The molecular weight excluding hydrogens is 316 g/mol. The molecule has 0 aliphatic carbocycles. The molecule has 2 N–H and O–H groups in total. The lowest BCUT2D eigenvalue weighted by molar-refractivity contribution is -0.116. The first kappa shape index (κ1) is 16.5. The number of carbonyl (C=O) groups excluding carboxylic acids is 1. The number of hydrogen-bond acceptors (Lipinski definition) is 4.